The summed E-state index contributed by atoms with van der Waals surface area (Å²) >= 11 is 1.79. The van der Waals surface area contributed by atoms with Gasteiger partial charge < -0.3 is 0 Å². The zero-order chi connectivity index (χ0) is 12.0. The van der Waals surface area contributed by atoms with Gasteiger partial charge in [-0.05, 0) is 23.6 Å². The van der Waals surface area contributed by atoms with Gasteiger partial charge in [-0.15, -0.1) is 11.8 Å². The monoisotopic (exact) mass is 234 g/mol. The van der Waals surface area contributed by atoms with Crippen LogP contribution in [0, 0.1) is 5.41 Å². The van der Waals surface area contributed by atoms with E-state index in [-0.39, 0.29) is 5.41 Å². The molecule has 1 nitrogen and oxygen atoms in total. The van der Waals surface area contributed by atoms with E-state index in [1.165, 1.54) is 4.90 Å². The smallest absolute Gasteiger partial charge is 0.142 e. The Morgan fingerprint density at radius 2 is 1.81 bits per heavy atom. The maximum Gasteiger partial charge on any atom is 0.142 e. The predicted octanol–water partition coefficient (Wildman–Crippen LogP) is 3.95. The van der Waals surface area contributed by atoms with Crippen molar-refractivity contribution in [3.63, 3.8) is 0 Å². The van der Waals surface area contributed by atoms with Crippen molar-refractivity contribution in [3.05, 3.63) is 42.5 Å². The van der Waals surface area contributed by atoms with Gasteiger partial charge in [0.05, 0.1) is 0 Å². The molecule has 16 heavy (non-hydrogen) atoms. The summed E-state index contributed by atoms with van der Waals surface area (Å²) < 4.78 is 0. The lowest BCUT2D eigenvalue weighted by Crippen LogP contribution is -2.20. The number of hydrogen-bond acceptors (Lipinski definition) is 2. The van der Waals surface area contributed by atoms with Crippen molar-refractivity contribution in [1.29, 1.82) is 0 Å². The zero-order valence-corrected chi connectivity index (χ0v) is 10.8. The van der Waals surface area contributed by atoms with E-state index in [1.807, 2.05) is 24.3 Å². The molecule has 0 bridgehead atoms. The largest absolute Gasteiger partial charge is 0.299 e. The van der Waals surface area contributed by atoms with Gasteiger partial charge >= 0.3 is 0 Å². The molecule has 1 rings (SSSR count). The van der Waals surface area contributed by atoms with Crippen LogP contribution in [0.4, 0.5) is 0 Å². The maximum absolute atomic E-state index is 10.4. The Labute approximate surface area is 102 Å². The van der Waals surface area contributed by atoms with E-state index < -0.39 is 0 Å². The molecule has 1 unspecified atom stereocenters. The molecule has 0 amide bonds. The number of benzene rings is 1. The molecule has 1 atom stereocenters. The first-order chi connectivity index (χ1) is 7.54. The highest BCUT2D eigenvalue weighted by Crippen LogP contribution is 2.35. The second-order valence-electron chi connectivity index (χ2n) is 4.74. The minimum absolute atomic E-state index is 0.139. The summed E-state index contributed by atoms with van der Waals surface area (Å²) in [6.45, 7) is 6.55. The highest BCUT2D eigenvalue weighted by atomic mass is 32.2. The molecular weight excluding hydrogens is 216 g/mol. The van der Waals surface area contributed by atoms with Crippen LogP contribution in [-0.2, 0) is 4.79 Å². The van der Waals surface area contributed by atoms with Gasteiger partial charge in [-0.1, -0.05) is 45.0 Å². The standard InChI is InChI=1S/C14H18OS/c1-14(2,3)13(10-7-11-15)16-12-8-5-4-6-9-12/h4-11,13H,1-3H3/b10-7+. The zero-order valence-electron chi connectivity index (χ0n) is 10.0. The molecule has 0 aromatic heterocycles. The first kappa shape index (κ1) is 13.0. The topological polar surface area (TPSA) is 17.1 Å². The van der Waals surface area contributed by atoms with Crippen molar-refractivity contribution in [1.82, 2.24) is 0 Å². The maximum atomic E-state index is 10.4. The van der Waals surface area contributed by atoms with Crippen LogP contribution < -0.4 is 0 Å². The van der Waals surface area contributed by atoms with Crippen LogP contribution in [0.5, 0.6) is 0 Å². The van der Waals surface area contributed by atoms with Gasteiger partial charge in [0, 0.05) is 10.1 Å². The van der Waals surface area contributed by atoms with Crippen LogP contribution >= 0.6 is 11.8 Å². The lowest BCUT2D eigenvalue weighted by atomic mass is 9.91. The van der Waals surface area contributed by atoms with Crippen molar-refractivity contribution in [2.24, 2.45) is 5.41 Å². The minimum atomic E-state index is 0.139. The van der Waals surface area contributed by atoms with E-state index in [9.17, 15) is 4.79 Å². The van der Waals surface area contributed by atoms with E-state index in [4.69, 9.17) is 0 Å². The second-order valence-corrected chi connectivity index (χ2v) is 5.95. The number of carbonyl (C=O) groups excluding carboxylic acids is 1. The summed E-state index contributed by atoms with van der Waals surface area (Å²) in [5, 5.41) is 0.306. The quantitative estimate of drug-likeness (QED) is 0.446. The summed E-state index contributed by atoms with van der Waals surface area (Å²) in [5.41, 5.74) is 0.139. The molecule has 0 heterocycles. The normalized spacial score (nSPS) is 13.9. The molecule has 0 aliphatic carbocycles. The predicted molar refractivity (Wildman–Crippen MR) is 70.7 cm³/mol. The van der Waals surface area contributed by atoms with Crippen LogP contribution in [0.2, 0.25) is 0 Å². The Kier molecular flexibility index (Phi) is 4.81. The van der Waals surface area contributed by atoms with Crippen LogP contribution in [0.1, 0.15) is 20.8 Å². The molecule has 0 aliphatic rings. The molecule has 0 saturated carbocycles. The molecule has 0 saturated heterocycles. The summed E-state index contributed by atoms with van der Waals surface area (Å²) in [5.74, 6) is 0. The molecule has 0 aliphatic heterocycles. The molecule has 2 heteroatoms. The summed E-state index contributed by atoms with van der Waals surface area (Å²) in [6.07, 6.45) is 4.40. The van der Waals surface area contributed by atoms with Crippen LogP contribution in [0.3, 0.4) is 0 Å². The number of aldehydes is 1. The Morgan fingerprint density at radius 1 is 1.19 bits per heavy atom. The molecule has 0 fully saturated rings. The Bertz CT molecular complexity index is 349. The summed E-state index contributed by atoms with van der Waals surface area (Å²) in [4.78, 5) is 11.6. The van der Waals surface area contributed by atoms with E-state index in [2.05, 4.69) is 32.9 Å². The van der Waals surface area contributed by atoms with Crippen LogP contribution in [0.25, 0.3) is 0 Å². The van der Waals surface area contributed by atoms with Gasteiger partial charge in [-0.25, -0.2) is 0 Å². The first-order valence-corrected chi connectivity index (χ1v) is 6.25. The van der Waals surface area contributed by atoms with Gasteiger partial charge in [0.1, 0.15) is 6.29 Å². The number of allylic oxidation sites excluding steroid dienone is 1. The molecule has 0 N–H and O–H groups in total. The first-order valence-electron chi connectivity index (χ1n) is 5.37. The Balaban J connectivity index is 2.79. The van der Waals surface area contributed by atoms with Crippen molar-refractivity contribution in [3.8, 4) is 0 Å². The molecular formula is C14H18OS. The highest BCUT2D eigenvalue weighted by molar-refractivity contribution is 8.00. The number of thioether (sulfide) groups is 1. The number of hydrogen-bond donors (Lipinski definition) is 0. The van der Waals surface area contributed by atoms with Gasteiger partial charge in [-0.2, -0.15) is 0 Å². The molecule has 0 spiro atoms. The third-order valence-electron chi connectivity index (χ3n) is 2.22. The van der Waals surface area contributed by atoms with E-state index in [0.29, 0.717) is 5.25 Å². The van der Waals surface area contributed by atoms with Gasteiger partial charge in [0.25, 0.3) is 0 Å². The van der Waals surface area contributed by atoms with Gasteiger partial charge in [-0.3, -0.25) is 4.79 Å². The minimum Gasteiger partial charge on any atom is -0.299 e. The van der Waals surface area contributed by atoms with Gasteiger partial charge in [0.2, 0.25) is 0 Å². The molecule has 1 aromatic rings. The lowest BCUT2D eigenvalue weighted by molar-refractivity contribution is -0.104. The van der Waals surface area contributed by atoms with E-state index >= 15 is 0 Å². The van der Waals surface area contributed by atoms with Crippen LogP contribution in [0.15, 0.2) is 47.4 Å². The van der Waals surface area contributed by atoms with Crippen LogP contribution in [-0.4, -0.2) is 11.5 Å². The van der Waals surface area contributed by atoms with Gasteiger partial charge in [0.15, 0.2) is 0 Å². The average Bonchev–Trinajstić information content (AvgIpc) is 2.24. The highest BCUT2D eigenvalue weighted by Gasteiger charge is 2.22. The number of carbonyl (C=O) groups is 1. The molecule has 1 aromatic carbocycles. The average molecular weight is 234 g/mol. The SMILES string of the molecule is CC(C)(C)C(/C=C/C=O)Sc1ccccc1. The fourth-order valence-corrected chi connectivity index (χ4v) is 2.43. The number of rotatable bonds is 4. The summed E-state index contributed by atoms with van der Waals surface area (Å²) in [7, 11) is 0. The van der Waals surface area contributed by atoms with Crippen molar-refractivity contribution in [2.45, 2.75) is 30.9 Å². The second kappa shape index (κ2) is 5.90. The van der Waals surface area contributed by atoms with Crippen molar-refractivity contribution >= 4 is 18.0 Å². The van der Waals surface area contributed by atoms with E-state index in [1.54, 1.807) is 17.8 Å². The third kappa shape index (κ3) is 4.23. The fourth-order valence-electron chi connectivity index (χ4n) is 1.30. The third-order valence-corrected chi connectivity index (χ3v) is 3.89. The van der Waals surface area contributed by atoms with Crippen molar-refractivity contribution < 1.29 is 4.79 Å². The molecule has 0 radical (unpaired) electrons. The van der Waals surface area contributed by atoms with E-state index in [0.717, 1.165) is 6.29 Å². The summed E-state index contributed by atoms with van der Waals surface area (Å²) in [6, 6.07) is 10.3. The Morgan fingerprint density at radius 3 is 2.31 bits per heavy atom. The Hall–Kier alpha value is -1.02. The lowest BCUT2D eigenvalue weighted by Gasteiger charge is -2.27. The molecule has 86 valence electrons. The fraction of sp³-hybridized carbons (Fsp3) is 0.357. The van der Waals surface area contributed by atoms with Crippen molar-refractivity contribution in [2.75, 3.05) is 0 Å².